The molecule has 2 N–H and O–H groups in total. The maximum Gasteiger partial charge on any atom is 0.326 e. The number of aryl methyl sites for hydroxylation is 1. The summed E-state index contributed by atoms with van der Waals surface area (Å²) in [7, 11) is 0. The Labute approximate surface area is 174 Å². The van der Waals surface area contributed by atoms with Crippen LogP contribution in [0.1, 0.15) is 16.7 Å². The first kappa shape index (κ1) is 19.4. The van der Waals surface area contributed by atoms with E-state index in [-0.39, 0.29) is 6.54 Å². The van der Waals surface area contributed by atoms with Gasteiger partial charge in [-0.1, -0.05) is 78.4 Å². The Morgan fingerprint density at radius 1 is 0.867 bits per heavy atom. The van der Waals surface area contributed by atoms with Crippen LogP contribution in [-0.4, -0.2) is 29.3 Å². The largest absolute Gasteiger partial charge is 0.326 e. The first-order valence-electron chi connectivity index (χ1n) is 9.62. The second-order valence-corrected chi connectivity index (χ2v) is 7.22. The Hall–Kier alpha value is -3.93. The summed E-state index contributed by atoms with van der Waals surface area (Å²) in [5.74, 6) is -0.928. The Kier molecular flexibility index (Phi) is 5.06. The summed E-state index contributed by atoms with van der Waals surface area (Å²) in [6, 6.07) is 24.8. The van der Waals surface area contributed by atoms with E-state index >= 15 is 0 Å². The van der Waals surface area contributed by atoms with Crippen molar-refractivity contribution in [2.75, 3.05) is 11.9 Å². The first-order chi connectivity index (χ1) is 14.5. The summed E-state index contributed by atoms with van der Waals surface area (Å²) in [4.78, 5) is 39.8. The maximum absolute atomic E-state index is 13.5. The van der Waals surface area contributed by atoms with Crippen LogP contribution < -0.4 is 10.6 Å². The Bertz CT molecular complexity index is 1040. The van der Waals surface area contributed by atoms with Crippen molar-refractivity contribution >= 4 is 23.5 Å². The van der Waals surface area contributed by atoms with Crippen molar-refractivity contribution in [3.05, 3.63) is 102 Å². The number of urea groups is 1. The third-order valence-electron chi connectivity index (χ3n) is 5.16. The van der Waals surface area contributed by atoms with Gasteiger partial charge in [0.05, 0.1) is 0 Å². The minimum atomic E-state index is -1.37. The number of nitrogens with zero attached hydrogens (tertiary/aromatic N) is 1. The van der Waals surface area contributed by atoms with Gasteiger partial charge in [-0.3, -0.25) is 14.5 Å². The van der Waals surface area contributed by atoms with Gasteiger partial charge in [-0.2, -0.15) is 0 Å². The minimum absolute atomic E-state index is 0.375. The van der Waals surface area contributed by atoms with Crippen LogP contribution >= 0.6 is 0 Å². The summed E-state index contributed by atoms with van der Waals surface area (Å²) in [6.07, 6.45) is 0. The molecule has 0 aliphatic carbocycles. The number of amides is 4. The van der Waals surface area contributed by atoms with Gasteiger partial charge in [0.2, 0.25) is 5.91 Å². The molecule has 6 nitrogen and oxygen atoms in total. The predicted molar refractivity (Wildman–Crippen MR) is 114 cm³/mol. The average Bonchev–Trinajstić information content (AvgIpc) is 3.02. The fourth-order valence-corrected chi connectivity index (χ4v) is 3.63. The number of imide groups is 1. The van der Waals surface area contributed by atoms with Crippen LogP contribution in [0.15, 0.2) is 84.9 Å². The Morgan fingerprint density at radius 3 is 1.93 bits per heavy atom. The summed E-state index contributed by atoms with van der Waals surface area (Å²) >= 11 is 0. The van der Waals surface area contributed by atoms with Crippen LogP contribution in [0.2, 0.25) is 0 Å². The van der Waals surface area contributed by atoms with E-state index in [0.717, 1.165) is 10.5 Å². The topological polar surface area (TPSA) is 78.5 Å². The molecule has 4 amide bonds. The number of carbonyl (C=O) groups is 3. The summed E-state index contributed by atoms with van der Waals surface area (Å²) in [5.41, 5.74) is 1.57. The standard InChI is InChI=1S/C24H21N3O3/c1-17-12-14-20(15-13-17)25-21(28)16-27-22(29)24(26-23(27)30,18-8-4-2-5-9-18)19-10-6-3-7-11-19/h2-15H,16H2,1H3,(H,25,28)(H,26,30). The highest BCUT2D eigenvalue weighted by Crippen LogP contribution is 2.35. The number of anilines is 1. The molecule has 1 heterocycles. The quantitative estimate of drug-likeness (QED) is 0.645. The zero-order chi connectivity index (χ0) is 21.1. The lowest BCUT2D eigenvalue weighted by molar-refractivity contribution is -0.133. The number of carbonyl (C=O) groups excluding carboxylic acids is 3. The Morgan fingerprint density at radius 2 is 1.40 bits per heavy atom. The summed E-state index contributed by atoms with van der Waals surface area (Å²) < 4.78 is 0. The highest BCUT2D eigenvalue weighted by Gasteiger charge is 2.54. The fourth-order valence-electron chi connectivity index (χ4n) is 3.63. The molecule has 1 aliphatic heterocycles. The van der Waals surface area contributed by atoms with Crippen molar-refractivity contribution in [3.8, 4) is 0 Å². The molecule has 0 unspecified atom stereocenters. The van der Waals surface area contributed by atoms with Gasteiger partial charge in [-0.25, -0.2) is 4.79 Å². The molecule has 0 radical (unpaired) electrons. The predicted octanol–water partition coefficient (Wildman–Crippen LogP) is 3.43. The highest BCUT2D eigenvalue weighted by molar-refractivity contribution is 6.12. The van der Waals surface area contributed by atoms with Crippen LogP contribution in [-0.2, 0) is 15.1 Å². The molecule has 0 aromatic heterocycles. The monoisotopic (exact) mass is 399 g/mol. The molecular weight excluding hydrogens is 378 g/mol. The van der Waals surface area contributed by atoms with Gasteiger partial charge in [-0.05, 0) is 30.2 Å². The van der Waals surface area contributed by atoms with E-state index in [1.165, 1.54) is 0 Å². The number of hydrogen-bond acceptors (Lipinski definition) is 3. The number of benzene rings is 3. The van der Waals surface area contributed by atoms with Crippen molar-refractivity contribution < 1.29 is 14.4 Å². The zero-order valence-corrected chi connectivity index (χ0v) is 16.5. The molecule has 30 heavy (non-hydrogen) atoms. The number of rotatable bonds is 5. The molecule has 4 rings (SSSR count). The van der Waals surface area contributed by atoms with Crippen molar-refractivity contribution in [1.82, 2.24) is 10.2 Å². The molecule has 0 bridgehead atoms. The fraction of sp³-hybridized carbons (Fsp3) is 0.125. The third-order valence-corrected chi connectivity index (χ3v) is 5.16. The van der Waals surface area contributed by atoms with Crippen molar-refractivity contribution in [2.24, 2.45) is 0 Å². The van der Waals surface area contributed by atoms with Gasteiger partial charge in [0.1, 0.15) is 6.54 Å². The van der Waals surface area contributed by atoms with E-state index in [4.69, 9.17) is 0 Å². The zero-order valence-electron chi connectivity index (χ0n) is 16.5. The van der Waals surface area contributed by atoms with Crippen LogP contribution in [0.25, 0.3) is 0 Å². The molecule has 6 heteroatoms. The van der Waals surface area contributed by atoms with Gasteiger partial charge < -0.3 is 10.6 Å². The lowest BCUT2D eigenvalue weighted by Crippen LogP contribution is -2.45. The SMILES string of the molecule is Cc1ccc(NC(=O)CN2C(=O)NC(c3ccccc3)(c3ccccc3)C2=O)cc1. The second-order valence-electron chi connectivity index (χ2n) is 7.22. The van der Waals surface area contributed by atoms with Crippen molar-refractivity contribution in [2.45, 2.75) is 12.5 Å². The Balaban J connectivity index is 1.64. The van der Waals surface area contributed by atoms with E-state index in [0.29, 0.717) is 16.8 Å². The normalized spacial score (nSPS) is 15.0. The molecular formula is C24H21N3O3. The van der Waals surface area contributed by atoms with Crippen molar-refractivity contribution in [1.29, 1.82) is 0 Å². The molecule has 0 spiro atoms. The van der Waals surface area contributed by atoms with E-state index < -0.39 is 23.4 Å². The third kappa shape index (κ3) is 3.43. The van der Waals surface area contributed by atoms with Crippen molar-refractivity contribution in [3.63, 3.8) is 0 Å². The highest BCUT2D eigenvalue weighted by atomic mass is 16.2. The van der Waals surface area contributed by atoms with Gasteiger partial charge in [-0.15, -0.1) is 0 Å². The molecule has 0 atom stereocenters. The molecule has 3 aromatic carbocycles. The summed E-state index contributed by atoms with van der Waals surface area (Å²) in [6.45, 7) is 1.57. The molecule has 150 valence electrons. The van der Waals surface area contributed by atoms with E-state index in [9.17, 15) is 14.4 Å². The molecule has 1 saturated heterocycles. The maximum atomic E-state index is 13.5. The van der Waals surface area contributed by atoms with Gasteiger partial charge >= 0.3 is 6.03 Å². The lowest BCUT2D eigenvalue weighted by atomic mass is 9.82. The molecule has 0 saturated carbocycles. The van der Waals surface area contributed by atoms with Crippen LogP contribution in [0, 0.1) is 6.92 Å². The van der Waals surface area contributed by atoms with Crippen LogP contribution in [0.3, 0.4) is 0 Å². The minimum Gasteiger partial charge on any atom is -0.325 e. The lowest BCUT2D eigenvalue weighted by Gasteiger charge is -2.28. The number of hydrogen-bond donors (Lipinski definition) is 2. The van der Waals surface area contributed by atoms with E-state index in [1.807, 2.05) is 55.5 Å². The van der Waals surface area contributed by atoms with Gasteiger partial charge in [0.25, 0.3) is 5.91 Å². The average molecular weight is 399 g/mol. The van der Waals surface area contributed by atoms with Gasteiger partial charge in [0.15, 0.2) is 5.54 Å². The summed E-state index contributed by atoms with van der Waals surface area (Å²) in [5, 5.41) is 5.57. The first-order valence-corrected chi connectivity index (χ1v) is 9.62. The molecule has 1 aliphatic rings. The smallest absolute Gasteiger partial charge is 0.325 e. The van der Waals surface area contributed by atoms with Crippen LogP contribution in [0.5, 0.6) is 0 Å². The molecule has 1 fully saturated rings. The second kappa shape index (κ2) is 7.83. The molecule has 3 aromatic rings. The van der Waals surface area contributed by atoms with E-state index in [1.54, 1.807) is 36.4 Å². The number of nitrogens with one attached hydrogen (secondary N) is 2. The van der Waals surface area contributed by atoms with Crippen LogP contribution in [0.4, 0.5) is 10.5 Å². The van der Waals surface area contributed by atoms with E-state index in [2.05, 4.69) is 10.6 Å². The van der Waals surface area contributed by atoms with Gasteiger partial charge in [0, 0.05) is 5.69 Å².